The molecule has 0 spiro atoms. The first-order chi connectivity index (χ1) is 14.9. The Kier molecular flexibility index (Phi) is 7.73. The number of amides is 1. The minimum Gasteiger partial charge on any atom is -0.302 e. The van der Waals surface area contributed by atoms with E-state index in [1.54, 1.807) is 29.2 Å². The van der Waals surface area contributed by atoms with Gasteiger partial charge < -0.3 is 4.90 Å². The number of para-hydroxylation sites is 1. The van der Waals surface area contributed by atoms with Gasteiger partial charge in [-0.15, -0.1) is 0 Å². The number of rotatable bonds is 9. The van der Waals surface area contributed by atoms with Gasteiger partial charge >= 0.3 is 0 Å². The summed E-state index contributed by atoms with van der Waals surface area (Å²) in [6.07, 6.45) is 3.12. The van der Waals surface area contributed by atoms with E-state index < -0.39 is 4.92 Å². The van der Waals surface area contributed by atoms with Crippen molar-refractivity contribution in [2.75, 3.05) is 31.1 Å². The Morgan fingerprint density at radius 3 is 2.48 bits per heavy atom. The quantitative estimate of drug-likeness (QED) is 0.248. The van der Waals surface area contributed by atoms with Gasteiger partial charge in [0, 0.05) is 31.3 Å². The Balaban J connectivity index is 1.86. The highest BCUT2D eigenvalue weighted by atomic mass is 35.5. The fraction of sp³-hybridized carbons (Fsp3) is 0.273. The van der Waals surface area contributed by atoms with Gasteiger partial charge in [0.15, 0.2) is 5.13 Å². The van der Waals surface area contributed by atoms with Crippen molar-refractivity contribution in [3.05, 3.63) is 69.2 Å². The van der Waals surface area contributed by atoms with Crippen LogP contribution in [0.3, 0.4) is 0 Å². The van der Waals surface area contributed by atoms with E-state index in [1.807, 2.05) is 12.1 Å². The third kappa shape index (κ3) is 5.66. The van der Waals surface area contributed by atoms with Crippen LogP contribution in [0.15, 0.2) is 48.5 Å². The van der Waals surface area contributed by atoms with Crippen molar-refractivity contribution in [1.29, 1.82) is 0 Å². The van der Waals surface area contributed by atoms with Crippen molar-refractivity contribution < 1.29 is 9.72 Å². The minimum absolute atomic E-state index is 0.00989. The molecule has 0 fully saturated rings. The summed E-state index contributed by atoms with van der Waals surface area (Å²) >= 11 is 7.70. The van der Waals surface area contributed by atoms with Gasteiger partial charge in [0.25, 0.3) is 11.6 Å². The van der Waals surface area contributed by atoms with Crippen LogP contribution in [0.1, 0.15) is 19.4 Å². The van der Waals surface area contributed by atoms with Gasteiger partial charge in [-0.05, 0) is 49.0 Å². The standard InChI is InChI=1S/C22H23ClN4O3S/c1-3-25(4-2)14-15-26(22-24-21-18(23)6-5-7-19(21)31-22)20(28)13-10-16-8-11-17(12-9-16)27(29)30/h5-13H,3-4,14-15H2,1-2H3/b13-10-. The predicted octanol–water partition coefficient (Wildman–Crippen LogP) is 5.25. The third-order valence-electron chi connectivity index (χ3n) is 4.91. The molecular formula is C22H23ClN4O3S. The molecule has 3 rings (SSSR count). The summed E-state index contributed by atoms with van der Waals surface area (Å²) in [7, 11) is 0. The van der Waals surface area contributed by atoms with Crippen LogP contribution in [-0.2, 0) is 4.79 Å². The molecule has 0 aliphatic rings. The topological polar surface area (TPSA) is 79.6 Å². The molecular weight excluding hydrogens is 436 g/mol. The molecule has 3 aromatic rings. The fourth-order valence-corrected chi connectivity index (χ4v) is 4.36. The van der Waals surface area contributed by atoms with Gasteiger partial charge in [-0.25, -0.2) is 4.98 Å². The molecule has 2 aromatic carbocycles. The first kappa shape index (κ1) is 22.9. The molecule has 0 bridgehead atoms. The molecule has 7 nitrogen and oxygen atoms in total. The number of fused-ring (bicyclic) bond motifs is 1. The number of non-ortho nitro benzene ring substituents is 1. The van der Waals surface area contributed by atoms with Crippen LogP contribution >= 0.6 is 22.9 Å². The SMILES string of the molecule is CCN(CC)CCN(C(=O)/C=C\c1ccc([N+](=O)[O-])cc1)c1nc2c(Cl)cccc2s1. The van der Waals surface area contributed by atoms with Crippen LogP contribution in [0.4, 0.5) is 10.8 Å². The van der Waals surface area contributed by atoms with Crippen LogP contribution in [0.25, 0.3) is 16.3 Å². The number of aromatic nitrogens is 1. The van der Waals surface area contributed by atoms with E-state index in [-0.39, 0.29) is 11.6 Å². The largest absolute Gasteiger partial charge is 0.302 e. The molecule has 0 aliphatic heterocycles. The summed E-state index contributed by atoms with van der Waals surface area (Å²) in [5, 5.41) is 12.0. The molecule has 1 amide bonds. The second-order valence-corrected chi connectivity index (χ2v) is 8.20. The normalized spacial score (nSPS) is 11.5. The first-order valence-electron chi connectivity index (χ1n) is 9.94. The van der Waals surface area contributed by atoms with Crippen LogP contribution in [0.5, 0.6) is 0 Å². The lowest BCUT2D eigenvalue weighted by molar-refractivity contribution is -0.384. The number of carbonyl (C=O) groups excluding carboxylic acids is 1. The molecule has 1 heterocycles. The van der Waals surface area contributed by atoms with Gasteiger partial charge in [-0.1, -0.05) is 42.9 Å². The number of hydrogen-bond acceptors (Lipinski definition) is 6. The van der Waals surface area contributed by atoms with Crippen LogP contribution in [0, 0.1) is 10.1 Å². The van der Waals surface area contributed by atoms with Gasteiger partial charge in [0.1, 0.15) is 5.52 Å². The summed E-state index contributed by atoms with van der Waals surface area (Å²) in [4.78, 5) is 31.9. The lowest BCUT2D eigenvalue weighted by atomic mass is 10.2. The molecule has 0 saturated heterocycles. The summed E-state index contributed by atoms with van der Waals surface area (Å²) in [6, 6.07) is 11.6. The van der Waals surface area contributed by atoms with Crippen molar-refractivity contribution >= 4 is 56.0 Å². The van der Waals surface area contributed by atoms with Crippen molar-refractivity contribution in [2.45, 2.75) is 13.8 Å². The number of thiazole rings is 1. The molecule has 0 aliphatic carbocycles. The molecule has 0 N–H and O–H groups in total. The van der Waals surface area contributed by atoms with Crippen molar-refractivity contribution in [3.8, 4) is 0 Å². The number of nitro groups is 1. The second-order valence-electron chi connectivity index (χ2n) is 6.78. The van der Waals surface area contributed by atoms with Gasteiger partial charge in [-0.3, -0.25) is 19.8 Å². The lowest BCUT2D eigenvalue weighted by Gasteiger charge is -2.23. The number of likely N-dealkylation sites (N-methyl/N-ethyl adjacent to an activating group) is 1. The summed E-state index contributed by atoms with van der Waals surface area (Å²) in [5.41, 5.74) is 1.40. The number of carbonyl (C=O) groups is 1. The number of anilines is 1. The van der Waals surface area contributed by atoms with Gasteiger partial charge in [0.2, 0.25) is 0 Å². The highest BCUT2D eigenvalue weighted by Crippen LogP contribution is 2.33. The van der Waals surface area contributed by atoms with E-state index in [4.69, 9.17) is 11.6 Å². The van der Waals surface area contributed by atoms with Crippen LogP contribution in [-0.4, -0.2) is 46.9 Å². The average Bonchev–Trinajstić information content (AvgIpc) is 3.21. The number of halogens is 1. The van der Waals surface area contributed by atoms with Crippen molar-refractivity contribution in [2.24, 2.45) is 0 Å². The molecule has 31 heavy (non-hydrogen) atoms. The molecule has 0 unspecified atom stereocenters. The maximum atomic E-state index is 13.1. The number of hydrogen-bond donors (Lipinski definition) is 0. The summed E-state index contributed by atoms with van der Waals surface area (Å²) < 4.78 is 0.919. The van der Waals surface area contributed by atoms with Crippen LogP contribution in [0.2, 0.25) is 5.02 Å². The molecule has 0 saturated carbocycles. The number of benzene rings is 2. The molecule has 9 heteroatoms. The van der Waals surface area contributed by atoms with E-state index in [1.165, 1.54) is 29.5 Å². The fourth-order valence-electron chi connectivity index (χ4n) is 3.06. The minimum atomic E-state index is -0.453. The zero-order valence-corrected chi connectivity index (χ0v) is 18.9. The van der Waals surface area contributed by atoms with E-state index in [9.17, 15) is 14.9 Å². The monoisotopic (exact) mass is 458 g/mol. The van der Waals surface area contributed by atoms with Gasteiger partial charge in [-0.2, -0.15) is 0 Å². The Morgan fingerprint density at radius 2 is 1.87 bits per heavy atom. The average molecular weight is 459 g/mol. The van der Waals surface area contributed by atoms with Gasteiger partial charge in [0.05, 0.1) is 14.6 Å². The maximum Gasteiger partial charge on any atom is 0.269 e. The van der Waals surface area contributed by atoms with E-state index in [0.29, 0.717) is 34.3 Å². The zero-order valence-electron chi connectivity index (χ0n) is 17.3. The number of nitrogens with zero attached hydrogens (tertiary/aromatic N) is 4. The van der Waals surface area contributed by atoms with E-state index in [2.05, 4.69) is 23.7 Å². The molecule has 162 valence electrons. The number of nitro benzene ring substituents is 1. The van der Waals surface area contributed by atoms with E-state index >= 15 is 0 Å². The Hall–Kier alpha value is -2.81. The molecule has 0 atom stereocenters. The van der Waals surface area contributed by atoms with Crippen LogP contribution < -0.4 is 4.90 Å². The Labute approximate surface area is 189 Å². The maximum absolute atomic E-state index is 13.1. The predicted molar refractivity (Wildman–Crippen MR) is 127 cm³/mol. The second kappa shape index (κ2) is 10.5. The summed E-state index contributed by atoms with van der Waals surface area (Å²) in [5.74, 6) is -0.208. The first-order valence-corrected chi connectivity index (χ1v) is 11.1. The third-order valence-corrected chi connectivity index (χ3v) is 6.26. The van der Waals surface area contributed by atoms with Crippen molar-refractivity contribution in [3.63, 3.8) is 0 Å². The highest BCUT2D eigenvalue weighted by molar-refractivity contribution is 7.22. The Bertz CT molecular complexity index is 1090. The zero-order chi connectivity index (χ0) is 22.4. The molecule has 0 radical (unpaired) electrons. The molecule has 1 aromatic heterocycles. The smallest absolute Gasteiger partial charge is 0.269 e. The highest BCUT2D eigenvalue weighted by Gasteiger charge is 2.19. The van der Waals surface area contributed by atoms with Crippen molar-refractivity contribution in [1.82, 2.24) is 9.88 Å². The van der Waals surface area contributed by atoms with E-state index in [0.717, 1.165) is 17.8 Å². The Morgan fingerprint density at radius 1 is 1.16 bits per heavy atom. The lowest BCUT2D eigenvalue weighted by Crippen LogP contribution is -2.38. The summed E-state index contributed by atoms with van der Waals surface area (Å²) in [6.45, 7) is 7.16.